The molecule has 0 spiro atoms. The summed E-state index contributed by atoms with van der Waals surface area (Å²) in [6.45, 7) is 24.0. The fraction of sp³-hybridized carbons (Fsp3) is 0.589. The number of piperazine rings is 2. The van der Waals surface area contributed by atoms with Crippen molar-refractivity contribution in [2.75, 3.05) is 112 Å². The highest BCUT2D eigenvalue weighted by Gasteiger charge is 2.39. The largest absolute Gasteiger partial charge is 0.464 e. The topological polar surface area (TPSA) is 181 Å². The van der Waals surface area contributed by atoms with Crippen molar-refractivity contribution in [1.82, 2.24) is 54.8 Å². The third-order valence-corrected chi connectivity index (χ3v) is 16.5. The SMILES string of the molecule is C=CC(=O)N(C)CCN1CCN(C(=O)N(C)[C@H](C(=O)N[C@H]2Cc3nc(cs3)-c3ccc4c(c3)c(c(-c3cc(N5CCN(C)CC5)cnc3[C@H](C)OC)n4CC)CC(C)(C)COC(=O)[C@@H]3CCCN(N3)C2=O)C(C)C)CC1. The number of carbonyl (C=O) groups is 5. The first-order valence-corrected chi connectivity index (χ1v) is 27.9. The molecule has 8 rings (SSSR count). The number of fused-ring (bicyclic) bond motifs is 6. The molecule has 0 saturated carbocycles. The minimum atomic E-state index is -1.08. The smallest absolute Gasteiger partial charge is 0.324 e. The van der Waals surface area contributed by atoms with Crippen LogP contribution < -0.4 is 15.6 Å². The van der Waals surface area contributed by atoms with E-state index >= 15 is 0 Å². The lowest BCUT2D eigenvalue weighted by Crippen LogP contribution is -2.63. The van der Waals surface area contributed by atoms with E-state index in [9.17, 15) is 24.0 Å². The molecule has 5 amide bonds. The van der Waals surface area contributed by atoms with Crippen LogP contribution in [0.1, 0.15) is 76.8 Å². The second-order valence-corrected chi connectivity index (χ2v) is 23.1. The van der Waals surface area contributed by atoms with Crippen molar-refractivity contribution in [3.8, 4) is 22.5 Å². The molecule has 4 atom stereocenters. The minimum absolute atomic E-state index is 0.0791. The molecule has 19 nitrogen and oxygen atoms in total. The Morgan fingerprint density at radius 2 is 1.78 bits per heavy atom. The summed E-state index contributed by atoms with van der Waals surface area (Å²) in [6, 6.07) is 5.68. The van der Waals surface area contributed by atoms with Gasteiger partial charge in [-0.15, -0.1) is 11.3 Å². The van der Waals surface area contributed by atoms with Crippen molar-refractivity contribution in [3.63, 3.8) is 0 Å². The Kier molecular flexibility index (Phi) is 17.9. The van der Waals surface area contributed by atoms with Crippen molar-refractivity contribution < 1.29 is 33.4 Å². The maximum Gasteiger partial charge on any atom is 0.324 e. The Hall–Kier alpha value is -5.93. The van der Waals surface area contributed by atoms with Gasteiger partial charge in [-0.1, -0.05) is 40.3 Å². The molecule has 0 unspecified atom stereocenters. The van der Waals surface area contributed by atoms with Crippen LogP contribution in [0.15, 0.2) is 48.5 Å². The van der Waals surface area contributed by atoms with Gasteiger partial charge in [0.05, 0.1) is 46.7 Å². The Morgan fingerprint density at radius 1 is 1.04 bits per heavy atom. The van der Waals surface area contributed by atoms with E-state index in [1.54, 1.807) is 31.0 Å². The number of hydrazine groups is 1. The molecule has 412 valence electrons. The molecule has 4 aromatic rings. The number of aromatic nitrogens is 3. The number of hydrogen-bond donors (Lipinski definition) is 2. The third-order valence-electron chi connectivity index (χ3n) is 15.7. The molecule has 7 heterocycles. The predicted octanol–water partition coefficient (Wildman–Crippen LogP) is 5.29. The molecule has 3 fully saturated rings. The van der Waals surface area contributed by atoms with Gasteiger partial charge < -0.3 is 43.9 Å². The highest BCUT2D eigenvalue weighted by Crippen LogP contribution is 2.43. The molecule has 1 aromatic carbocycles. The van der Waals surface area contributed by atoms with Gasteiger partial charge in [0.15, 0.2) is 0 Å². The van der Waals surface area contributed by atoms with E-state index in [-0.39, 0.29) is 37.0 Å². The van der Waals surface area contributed by atoms with Crippen molar-refractivity contribution >= 4 is 57.6 Å². The van der Waals surface area contributed by atoms with E-state index in [4.69, 9.17) is 19.4 Å². The van der Waals surface area contributed by atoms with E-state index in [1.165, 1.54) is 27.3 Å². The second kappa shape index (κ2) is 24.2. The summed E-state index contributed by atoms with van der Waals surface area (Å²) in [5.74, 6) is -1.77. The third kappa shape index (κ3) is 12.4. The van der Waals surface area contributed by atoms with Crippen LogP contribution in [0, 0.1) is 11.3 Å². The summed E-state index contributed by atoms with van der Waals surface area (Å²) >= 11 is 1.42. The van der Waals surface area contributed by atoms with Crippen LogP contribution in [0.2, 0.25) is 0 Å². The first-order valence-electron chi connectivity index (χ1n) is 27.0. The zero-order chi connectivity index (χ0) is 54.6. The number of hydrogen-bond acceptors (Lipinski definition) is 14. The standard InChI is InChI=1S/C56H80N12O7S/c1-12-48(69)62(9)21-22-64-23-27-66(28-24-64)55(73)63(10)50(36(3)4)52(70)59-44-31-47-58-45(34-76-47)38-16-17-46-40(29-38)42(32-56(6,7)35-75-54(72)43-15-14-18-68(60-43)53(44)71)51(67(46)13-2)41-30-39(33-57-49(41)37(5)74-11)65-25-19-61(8)20-26-65/h12,16-17,29-30,33-34,36-37,43-44,50,60H,1,13-15,18-28,31-32,35H2,2-11H3,(H,59,70)/t37-,43-,44-,50-/m0/s1. The number of benzene rings is 1. The van der Waals surface area contributed by atoms with Gasteiger partial charge in [-0.3, -0.25) is 34.1 Å². The van der Waals surface area contributed by atoms with Crippen molar-refractivity contribution in [2.45, 2.75) is 98.0 Å². The molecule has 0 aliphatic carbocycles. The number of anilines is 1. The average Bonchev–Trinajstić information content (AvgIpc) is 4.04. The molecule has 3 saturated heterocycles. The Morgan fingerprint density at radius 3 is 2.46 bits per heavy atom. The number of carbonyl (C=O) groups excluding carboxylic acids is 5. The number of nitrogens with one attached hydrogen (secondary N) is 2. The molecular weight excluding hydrogens is 985 g/mol. The molecule has 3 aromatic heterocycles. The van der Waals surface area contributed by atoms with Gasteiger partial charge in [-0.25, -0.2) is 15.2 Å². The van der Waals surface area contributed by atoms with E-state index in [0.717, 1.165) is 76.5 Å². The Balaban J connectivity index is 1.12. The normalized spacial score (nSPS) is 20.8. The zero-order valence-electron chi connectivity index (χ0n) is 46.4. The number of nitrogens with zero attached hydrogens (tertiary/aromatic N) is 10. The van der Waals surface area contributed by atoms with Crippen LogP contribution in [-0.4, -0.2) is 199 Å². The van der Waals surface area contributed by atoms with Gasteiger partial charge in [0.2, 0.25) is 11.8 Å². The van der Waals surface area contributed by atoms with E-state index in [1.807, 2.05) is 32.3 Å². The Bertz CT molecular complexity index is 2760. The second-order valence-electron chi connectivity index (χ2n) is 22.1. The number of aryl methyl sites for hydroxylation is 1. The number of thiazole rings is 1. The maximum absolute atomic E-state index is 14.8. The minimum Gasteiger partial charge on any atom is -0.464 e. The number of esters is 1. The number of amides is 5. The van der Waals surface area contributed by atoms with Crippen LogP contribution in [0.25, 0.3) is 33.4 Å². The summed E-state index contributed by atoms with van der Waals surface area (Å²) < 4.78 is 14.6. The van der Waals surface area contributed by atoms with E-state index in [0.29, 0.717) is 76.6 Å². The Labute approximate surface area is 452 Å². The predicted molar refractivity (Wildman–Crippen MR) is 297 cm³/mol. The number of urea groups is 1. The number of pyridine rings is 1. The quantitative estimate of drug-likeness (QED) is 0.130. The van der Waals surface area contributed by atoms with E-state index < -0.39 is 41.3 Å². The summed E-state index contributed by atoms with van der Waals surface area (Å²) in [5, 5.41) is 8.21. The van der Waals surface area contributed by atoms with Crippen LogP contribution in [0.3, 0.4) is 0 Å². The lowest BCUT2D eigenvalue weighted by molar-refractivity contribution is -0.155. The van der Waals surface area contributed by atoms with Gasteiger partial charge in [-0.05, 0) is 75.9 Å². The monoisotopic (exact) mass is 1060 g/mol. The number of ether oxygens (including phenoxy) is 2. The molecule has 2 N–H and O–H groups in total. The molecule has 4 aliphatic heterocycles. The van der Waals surface area contributed by atoms with E-state index in [2.05, 4.69) is 88.7 Å². The van der Waals surface area contributed by atoms with Crippen LogP contribution in [0.5, 0.6) is 0 Å². The fourth-order valence-corrected chi connectivity index (χ4v) is 11.9. The summed E-state index contributed by atoms with van der Waals surface area (Å²) in [5.41, 5.74) is 10.4. The van der Waals surface area contributed by atoms with Crippen molar-refractivity contribution in [1.29, 1.82) is 0 Å². The van der Waals surface area contributed by atoms with Gasteiger partial charge in [0.1, 0.15) is 18.1 Å². The number of cyclic esters (lactones) is 1. The first kappa shape index (κ1) is 56.3. The number of rotatable bonds is 13. The molecule has 6 bridgehead atoms. The fourth-order valence-electron chi connectivity index (χ4n) is 11.1. The molecule has 76 heavy (non-hydrogen) atoms. The average molecular weight is 1070 g/mol. The lowest BCUT2D eigenvalue weighted by atomic mass is 9.84. The summed E-state index contributed by atoms with van der Waals surface area (Å²) in [7, 11) is 7.25. The highest BCUT2D eigenvalue weighted by molar-refractivity contribution is 7.10. The van der Waals surface area contributed by atoms with Gasteiger partial charge in [0.25, 0.3) is 5.91 Å². The van der Waals surface area contributed by atoms with Gasteiger partial charge in [0, 0.05) is 139 Å². The van der Waals surface area contributed by atoms with Crippen molar-refractivity contribution in [2.24, 2.45) is 11.3 Å². The van der Waals surface area contributed by atoms with Crippen molar-refractivity contribution in [3.05, 3.63) is 64.8 Å². The van der Waals surface area contributed by atoms with Gasteiger partial charge in [-0.2, -0.15) is 0 Å². The molecule has 20 heteroatoms. The summed E-state index contributed by atoms with van der Waals surface area (Å²) in [6.07, 6.45) is 4.64. The summed E-state index contributed by atoms with van der Waals surface area (Å²) in [4.78, 5) is 91.8. The highest BCUT2D eigenvalue weighted by atomic mass is 32.1. The molecule has 4 aliphatic rings. The molecule has 0 radical (unpaired) electrons. The lowest BCUT2D eigenvalue weighted by Gasteiger charge is -2.40. The van der Waals surface area contributed by atoms with Crippen LogP contribution in [0.4, 0.5) is 10.5 Å². The van der Waals surface area contributed by atoms with Crippen LogP contribution in [-0.2, 0) is 48.0 Å². The zero-order valence-corrected chi connectivity index (χ0v) is 47.2. The first-order chi connectivity index (χ1) is 36.3. The van der Waals surface area contributed by atoms with Gasteiger partial charge >= 0.3 is 12.0 Å². The van der Waals surface area contributed by atoms with Crippen LogP contribution >= 0.6 is 11.3 Å². The number of methoxy groups -OCH3 is 1. The number of likely N-dealkylation sites (N-methyl/N-ethyl adjacent to an activating group) is 3. The maximum atomic E-state index is 14.8. The molecular formula is C56H80N12O7S.